The van der Waals surface area contributed by atoms with E-state index in [1.807, 2.05) is 10.8 Å². The topological polar surface area (TPSA) is 72.9 Å². The van der Waals surface area contributed by atoms with Crippen molar-refractivity contribution in [1.82, 2.24) is 29.1 Å². The van der Waals surface area contributed by atoms with Gasteiger partial charge in [-0.25, -0.2) is 4.98 Å². The van der Waals surface area contributed by atoms with Crippen molar-refractivity contribution in [3.05, 3.63) is 36.3 Å². The molecule has 1 N–H and O–H groups in total. The lowest BCUT2D eigenvalue weighted by molar-refractivity contribution is 0.614. The first-order valence-corrected chi connectivity index (χ1v) is 6.19. The van der Waals surface area contributed by atoms with Gasteiger partial charge in [-0.05, 0) is 6.92 Å². The van der Waals surface area contributed by atoms with E-state index < -0.39 is 0 Å². The van der Waals surface area contributed by atoms with Gasteiger partial charge >= 0.3 is 0 Å². The molecule has 3 aromatic heterocycles. The Kier molecular flexibility index (Phi) is 3.04. The monoisotopic (exact) mass is 277 g/mol. The lowest BCUT2D eigenvalue weighted by atomic mass is 10.3. The molecular formula is C11H12ClN7. The molecule has 1 atom stereocenters. The van der Waals surface area contributed by atoms with Crippen molar-refractivity contribution in [3.8, 4) is 0 Å². The van der Waals surface area contributed by atoms with Crippen LogP contribution in [0.5, 0.6) is 0 Å². The van der Waals surface area contributed by atoms with Crippen molar-refractivity contribution in [2.45, 2.75) is 19.5 Å². The molecule has 0 saturated carbocycles. The van der Waals surface area contributed by atoms with Gasteiger partial charge in [-0.15, -0.1) is 0 Å². The third kappa shape index (κ3) is 2.50. The quantitative estimate of drug-likeness (QED) is 0.731. The predicted octanol–water partition coefficient (Wildman–Crippen LogP) is 1.47. The van der Waals surface area contributed by atoms with E-state index in [2.05, 4.69) is 32.3 Å². The van der Waals surface area contributed by atoms with E-state index in [1.54, 1.807) is 23.1 Å². The summed E-state index contributed by atoms with van der Waals surface area (Å²) in [7, 11) is 0. The largest absolute Gasteiger partial charge is 0.366 e. The Labute approximate surface area is 114 Å². The van der Waals surface area contributed by atoms with Crippen LogP contribution in [0.15, 0.2) is 31.1 Å². The van der Waals surface area contributed by atoms with Crippen LogP contribution in [-0.4, -0.2) is 35.2 Å². The molecule has 3 aromatic rings. The average molecular weight is 278 g/mol. The predicted molar refractivity (Wildman–Crippen MR) is 71.1 cm³/mol. The lowest BCUT2D eigenvalue weighted by Gasteiger charge is -2.16. The fraction of sp³-hybridized carbons (Fsp3) is 0.273. The molecule has 98 valence electrons. The summed E-state index contributed by atoms with van der Waals surface area (Å²) >= 11 is 5.96. The number of hydrogen-bond acceptors (Lipinski definition) is 5. The fourth-order valence-corrected chi connectivity index (χ4v) is 2.07. The molecule has 0 bridgehead atoms. The van der Waals surface area contributed by atoms with Crippen molar-refractivity contribution < 1.29 is 0 Å². The van der Waals surface area contributed by atoms with E-state index in [4.69, 9.17) is 11.6 Å². The van der Waals surface area contributed by atoms with Gasteiger partial charge in [0.2, 0.25) is 0 Å². The minimum atomic E-state index is 0.181. The molecule has 0 aliphatic carbocycles. The molecule has 0 spiro atoms. The van der Waals surface area contributed by atoms with Crippen LogP contribution in [-0.2, 0) is 6.54 Å². The first-order valence-electron chi connectivity index (χ1n) is 5.81. The van der Waals surface area contributed by atoms with Gasteiger partial charge in [0, 0.05) is 31.0 Å². The number of rotatable bonds is 4. The molecule has 0 saturated heterocycles. The minimum absolute atomic E-state index is 0.181. The second-order valence-corrected chi connectivity index (χ2v) is 4.63. The maximum absolute atomic E-state index is 5.96. The smallest absolute Gasteiger partial charge is 0.255 e. The molecule has 19 heavy (non-hydrogen) atoms. The molecule has 0 amide bonds. The Morgan fingerprint density at radius 3 is 3.16 bits per heavy atom. The summed E-state index contributed by atoms with van der Waals surface area (Å²) < 4.78 is 3.62. The number of anilines is 1. The highest BCUT2D eigenvalue weighted by atomic mass is 35.5. The Bertz CT molecular complexity index is 675. The van der Waals surface area contributed by atoms with E-state index in [0.29, 0.717) is 10.9 Å². The standard InChI is InChI=1S/C11H12ClN7/c1-8(5-18-3-2-13-7-18)16-10-4-9(12)17-11-14-6-15-19(10)11/h2-4,6-8,16H,5H2,1H3. The third-order valence-electron chi connectivity index (χ3n) is 2.66. The molecule has 0 fully saturated rings. The van der Waals surface area contributed by atoms with Crippen LogP contribution in [0.3, 0.4) is 0 Å². The molecule has 0 aliphatic rings. The molecule has 0 radical (unpaired) electrons. The van der Waals surface area contributed by atoms with Gasteiger partial charge in [0.15, 0.2) is 0 Å². The zero-order valence-electron chi connectivity index (χ0n) is 10.2. The Balaban J connectivity index is 1.82. The Hall–Kier alpha value is -2.15. The van der Waals surface area contributed by atoms with Gasteiger partial charge in [0.25, 0.3) is 5.78 Å². The van der Waals surface area contributed by atoms with Crippen LogP contribution < -0.4 is 5.32 Å². The van der Waals surface area contributed by atoms with Crippen molar-refractivity contribution in [2.75, 3.05) is 5.32 Å². The number of nitrogens with one attached hydrogen (secondary N) is 1. The van der Waals surface area contributed by atoms with Gasteiger partial charge < -0.3 is 9.88 Å². The molecule has 8 heteroatoms. The molecule has 0 aliphatic heterocycles. The molecule has 0 aromatic carbocycles. The Morgan fingerprint density at radius 2 is 2.37 bits per heavy atom. The number of aromatic nitrogens is 6. The van der Waals surface area contributed by atoms with Gasteiger partial charge in [0.1, 0.15) is 17.3 Å². The van der Waals surface area contributed by atoms with Crippen molar-refractivity contribution in [1.29, 1.82) is 0 Å². The third-order valence-corrected chi connectivity index (χ3v) is 2.85. The fourth-order valence-electron chi connectivity index (χ4n) is 1.90. The van der Waals surface area contributed by atoms with Crippen LogP contribution in [0.4, 0.5) is 5.82 Å². The molecule has 1 unspecified atom stereocenters. The Morgan fingerprint density at radius 1 is 1.47 bits per heavy atom. The van der Waals surface area contributed by atoms with Crippen molar-refractivity contribution in [3.63, 3.8) is 0 Å². The van der Waals surface area contributed by atoms with Gasteiger partial charge in [-0.1, -0.05) is 11.6 Å². The van der Waals surface area contributed by atoms with Crippen LogP contribution >= 0.6 is 11.6 Å². The van der Waals surface area contributed by atoms with Crippen LogP contribution in [0.2, 0.25) is 5.15 Å². The number of nitrogens with zero attached hydrogens (tertiary/aromatic N) is 6. The highest BCUT2D eigenvalue weighted by Crippen LogP contribution is 2.15. The molecular weight excluding hydrogens is 266 g/mol. The number of imidazole rings is 1. The summed E-state index contributed by atoms with van der Waals surface area (Å²) in [6.45, 7) is 2.85. The normalized spacial score (nSPS) is 12.7. The van der Waals surface area contributed by atoms with Gasteiger partial charge in [-0.2, -0.15) is 19.6 Å². The summed E-state index contributed by atoms with van der Waals surface area (Å²) in [5, 5.41) is 7.84. The number of hydrogen-bond donors (Lipinski definition) is 1. The maximum atomic E-state index is 5.96. The van der Waals surface area contributed by atoms with Gasteiger partial charge in [-0.3, -0.25) is 0 Å². The summed E-state index contributed by atoms with van der Waals surface area (Å²) in [5.74, 6) is 1.24. The maximum Gasteiger partial charge on any atom is 0.255 e. The SMILES string of the molecule is CC(Cn1ccnc1)Nc1cc(Cl)nc2ncnn12. The zero-order chi connectivity index (χ0) is 13.2. The van der Waals surface area contributed by atoms with Crippen LogP contribution in [0.25, 0.3) is 5.78 Å². The summed E-state index contributed by atoms with van der Waals surface area (Å²) in [6, 6.07) is 1.91. The highest BCUT2D eigenvalue weighted by molar-refractivity contribution is 6.29. The second kappa shape index (κ2) is 4.85. The van der Waals surface area contributed by atoms with Crippen molar-refractivity contribution >= 4 is 23.2 Å². The van der Waals surface area contributed by atoms with Crippen LogP contribution in [0, 0.1) is 0 Å². The van der Waals surface area contributed by atoms with Crippen LogP contribution in [0.1, 0.15) is 6.92 Å². The molecule has 3 rings (SSSR count). The minimum Gasteiger partial charge on any atom is -0.366 e. The van der Waals surface area contributed by atoms with E-state index in [0.717, 1.165) is 12.4 Å². The first kappa shape index (κ1) is 11.9. The highest BCUT2D eigenvalue weighted by Gasteiger charge is 2.09. The van der Waals surface area contributed by atoms with E-state index in [1.165, 1.54) is 6.33 Å². The summed E-state index contributed by atoms with van der Waals surface area (Å²) in [6.07, 6.45) is 6.90. The summed E-state index contributed by atoms with van der Waals surface area (Å²) in [4.78, 5) is 12.1. The number of fused-ring (bicyclic) bond motifs is 1. The van der Waals surface area contributed by atoms with E-state index in [9.17, 15) is 0 Å². The second-order valence-electron chi connectivity index (χ2n) is 4.24. The zero-order valence-corrected chi connectivity index (χ0v) is 11.0. The molecule has 3 heterocycles. The first-order chi connectivity index (χ1) is 9.22. The molecule has 7 nitrogen and oxygen atoms in total. The lowest BCUT2D eigenvalue weighted by Crippen LogP contribution is -2.23. The number of halogens is 1. The van der Waals surface area contributed by atoms with E-state index in [-0.39, 0.29) is 6.04 Å². The average Bonchev–Trinajstić information content (AvgIpc) is 2.99. The van der Waals surface area contributed by atoms with E-state index >= 15 is 0 Å². The van der Waals surface area contributed by atoms with Gasteiger partial charge in [0.05, 0.1) is 6.33 Å². The summed E-state index contributed by atoms with van der Waals surface area (Å²) in [5.41, 5.74) is 0. The van der Waals surface area contributed by atoms with Crippen molar-refractivity contribution in [2.24, 2.45) is 0 Å².